The lowest BCUT2D eigenvalue weighted by atomic mass is 10.1. The van der Waals surface area contributed by atoms with E-state index < -0.39 is 10.0 Å². The third-order valence-electron chi connectivity index (χ3n) is 3.37. The van der Waals surface area contributed by atoms with E-state index in [0.717, 1.165) is 17.4 Å². The average molecular weight is 367 g/mol. The van der Waals surface area contributed by atoms with Crippen molar-refractivity contribution < 1.29 is 13.2 Å². The second kappa shape index (κ2) is 7.68. The molecule has 1 amide bonds. The summed E-state index contributed by atoms with van der Waals surface area (Å²) in [6.07, 6.45) is 1.88. The van der Waals surface area contributed by atoms with Gasteiger partial charge in [-0.1, -0.05) is 35.9 Å². The number of aryl methyl sites for hydroxylation is 2. The summed E-state index contributed by atoms with van der Waals surface area (Å²) in [6.45, 7) is 1.92. The van der Waals surface area contributed by atoms with Crippen molar-refractivity contribution in [1.82, 2.24) is 0 Å². The third-order valence-corrected chi connectivity index (χ3v) is 4.37. The fourth-order valence-corrected chi connectivity index (χ4v) is 2.92. The van der Waals surface area contributed by atoms with Gasteiger partial charge < -0.3 is 5.32 Å². The molecule has 0 bridgehead atoms. The van der Waals surface area contributed by atoms with Crippen LogP contribution in [0.1, 0.15) is 17.5 Å². The van der Waals surface area contributed by atoms with E-state index in [1.165, 1.54) is 0 Å². The van der Waals surface area contributed by atoms with E-state index in [-0.39, 0.29) is 12.3 Å². The second-order valence-corrected chi connectivity index (χ2v) is 7.71. The van der Waals surface area contributed by atoms with Crippen molar-refractivity contribution in [2.45, 2.75) is 19.8 Å². The molecule has 128 valence electrons. The van der Waals surface area contributed by atoms with Crippen molar-refractivity contribution in [1.29, 1.82) is 0 Å². The van der Waals surface area contributed by atoms with E-state index in [1.54, 1.807) is 24.3 Å². The number of carbonyl (C=O) groups excluding carboxylic acids is 1. The zero-order valence-corrected chi connectivity index (χ0v) is 15.0. The van der Waals surface area contributed by atoms with Gasteiger partial charge >= 0.3 is 0 Å². The Bertz CT molecular complexity index is 851. The first-order chi connectivity index (χ1) is 11.2. The highest BCUT2D eigenvalue weighted by Gasteiger charge is 2.10. The molecular formula is C17H19ClN2O3S. The lowest BCUT2D eigenvalue weighted by Gasteiger charge is -2.12. The molecule has 0 aromatic heterocycles. The molecule has 0 atom stereocenters. The standard InChI is InChI=1S/C17H19ClN2O3S/c1-12-7-8-13(11-14(12)18)9-10-17(21)19-15-5-3-4-6-16(15)20-24(2,22)23/h3-8,11,20H,9-10H2,1-2H3,(H,19,21). The Balaban J connectivity index is 2.01. The Kier molecular flexibility index (Phi) is 5.85. The molecule has 0 aliphatic rings. The van der Waals surface area contributed by atoms with E-state index in [9.17, 15) is 13.2 Å². The van der Waals surface area contributed by atoms with Gasteiger partial charge in [-0.25, -0.2) is 8.42 Å². The first-order valence-electron chi connectivity index (χ1n) is 7.36. The van der Waals surface area contributed by atoms with Crippen LogP contribution in [0.25, 0.3) is 0 Å². The summed E-state index contributed by atoms with van der Waals surface area (Å²) >= 11 is 6.08. The van der Waals surface area contributed by atoms with Crippen LogP contribution in [-0.2, 0) is 21.2 Å². The first-order valence-corrected chi connectivity index (χ1v) is 9.63. The maximum absolute atomic E-state index is 12.1. The van der Waals surface area contributed by atoms with Crippen LogP contribution >= 0.6 is 11.6 Å². The van der Waals surface area contributed by atoms with Crippen molar-refractivity contribution in [2.75, 3.05) is 16.3 Å². The minimum absolute atomic E-state index is 0.200. The molecule has 0 radical (unpaired) electrons. The Morgan fingerprint density at radius 3 is 2.42 bits per heavy atom. The van der Waals surface area contributed by atoms with E-state index in [2.05, 4.69) is 10.0 Å². The summed E-state index contributed by atoms with van der Waals surface area (Å²) in [5, 5.41) is 3.41. The minimum atomic E-state index is -3.42. The fraction of sp³-hybridized carbons (Fsp3) is 0.235. The van der Waals surface area contributed by atoms with Gasteiger partial charge in [0.25, 0.3) is 0 Å². The van der Waals surface area contributed by atoms with Crippen molar-refractivity contribution in [3.8, 4) is 0 Å². The molecule has 0 unspecified atom stereocenters. The summed E-state index contributed by atoms with van der Waals surface area (Å²) in [7, 11) is -3.42. The zero-order chi connectivity index (χ0) is 17.7. The second-order valence-electron chi connectivity index (χ2n) is 5.55. The number of nitrogens with one attached hydrogen (secondary N) is 2. The number of halogens is 1. The van der Waals surface area contributed by atoms with Crippen LogP contribution in [0.3, 0.4) is 0 Å². The zero-order valence-electron chi connectivity index (χ0n) is 13.5. The van der Waals surface area contributed by atoms with Crippen molar-refractivity contribution >= 4 is 38.9 Å². The van der Waals surface area contributed by atoms with Crippen molar-refractivity contribution in [3.05, 3.63) is 58.6 Å². The van der Waals surface area contributed by atoms with Gasteiger partial charge in [0.1, 0.15) is 0 Å². The van der Waals surface area contributed by atoms with Gasteiger partial charge in [0.15, 0.2) is 0 Å². The number of sulfonamides is 1. The van der Waals surface area contributed by atoms with Gasteiger partial charge in [-0.15, -0.1) is 0 Å². The SMILES string of the molecule is Cc1ccc(CCC(=O)Nc2ccccc2NS(C)(=O)=O)cc1Cl. The number of hydrogen-bond donors (Lipinski definition) is 2. The average Bonchev–Trinajstić information content (AvgIpc) is 2.49. The molecule has 2 aromatic carbocycles. The molecule has 24 heavy (non-hydrogen) atoms. The first kappa shape index (κ1) is 18.3. The molecule has 0 aliphatic heterocycles. The van der Waals surface area contributed by atoms with Gasteiger partial charge in [-0.2, -0.15) is 0 Å². The number of anilines is 2. The Morgan fingerprint density at radius 2 is 1.79 bits per heavy atom. The van der Waals surface area contributed by atoms with Crippen LogP contribution in [0.4, 0.5) is 11.4 Å². The van der Waals surface area contributed by atoms with E-state index in [0.29, 0.717) is 22.8 Å². The molecule has 7 heteroatoms. The highest BCUT2D eigenvalue weighted by molar-refractivity contribution is 7.92. The van der Waals surface area contributed by atoms with Crippen LogP contribution in [0, 0.1) is 6.92 Å². The molecular weight excluding hydrogens is 348 g/mol. The third kappa shape index (κ3) is 5.54. The molecule has 0 saturated carbocycles. The van der Waals surface area contributed by atoms with Gasteiger partial charge in [-0.05, 0) is 42.7 Å². The summed E-state index contributed by atoms with van der Waals surface area (Å²) in [6, 6.07) is 12.4. The Morgan fingerprint density at radius 1 is 1.12 bits per heavy atom. The quantitative estimate of drug-likeness (QED) is 0.820. The molecule has 0 spiro atoms. The lowest BCUT2D eigenvalue weighted by Crippen LogP contribution is -2.16. The highest BCUT2D eigenvalue weighted by atomic mass is 35.5. The molecule has 0 saturated heterocycles. The van der Waals surface area contributed by atoms with Crippen molar-refractivity contribution in [3.63, 3.8) is 0 Å². The topological polar surface area (TPSA) is 75.3 Å². The predicted molar refractivity (Wildman–Crippen MR) is 98.0 cm³/mol. The maximum Gasteiger partial charge on any atom is 0.229 e. The molecule has 0 fully saturated rings. The minimum Gasteiger partial charge on any atom is -0.324 e. The van der Waals surface area contributed by atoms with Gasteiger partial charge in [0.2, 0.25) is 15.9 Å². The number of benzene rings is 2. The van der Waals surface area contributed by atoms with Gasteiger partial charge in [0.05, 0.1) is 17.6 Å². The number of amides is 1. The van der Waals surface area contributed by atoms with Gasteiger partial charge in [-0.3, -0.25) is 9.52 Å². The number of carbonyl (C=O) groups is 1. The van der Waals surface area contributed by atoms with Crippen LogP contribution in [0.2, 0.25) is 5.02 Å². The maximum atomic E-state index is 12.1. The lowest BCUT2D eigenvalue weighted by molar-refractivity contribution is -0.116. The van der Waals surface area contributed by atoms with Crippen LogP contribution < -0.4 is 10.0 Å². The van der Waals surface area contributed by atoms with Crippen molar-refractivity contribution in [2.24, 2.45) is 0 Å². The molecule has 0 heterocycles. The molecule has 5 nitrogen and oxygen atoms in total. The Labute approximate surface area is 147 Å². The number of rotatable bonds is 6. The monoisotopic (exact) mass is 366 g/mol. The van der Waals surface area contributed by atoms with Crippen LogP contribution in [0.15, 0.2) is 42.5 Å². The largest absolute Gasteiger partial charge is 0.324 e. The Hall–Kier alpha value is -2.05. The summed E-state index contributed by atoms with van der Waals surface area (Å²) in [4.78, 5) is 12.1. The fourth-order valence-electron chi connectivity index (χ4n) is 2.14. The van der Waals surface area contributed by atoms with E-state index in [4.69, 9.17) is 11.6 Å². The summed E-state index contributed by atoms with van der Waals surface area (Å²) in [5.41, 5.74) is 2.73. The predicted octanol–water partition coefficient (Wildman–Crippen LogP) is 3.59. The molecule has 2 rings (SSSR count). The normalized spacial score (nSPS) is 11.1. The molecule has 0 aliphatic carbocycles. The number of hydrogen-bond acceptors (Lipinski definition) is 3. The molecule has 2 N–H and O–H groups in total. The highest BCUT2D eigenvalue weighted by Crippen LogP contribution is 2.22. The van der Waals surface area contributed by atoms with Gasteiger partial charge in [0, 0.05) is 11.4 Å². The molecule has 2 aromatic rings. The van der Waals surface area contributed by atoms with E-state index in [1.807, 2.05) is 25.1 Å². The van der Waals surface area contributed by atoms with Crippen LogP contribution in [-0.4, -0.2) is 20.6 Å². The summed E-state index contributed by atoms with van der Waals surface area (Å²) < 4.78 is 25.1. The smallest absolute Gasteiger partial charge is 0.229 e. The summed E-state index contributed by atoms with van der Waals surface area (Å²) in [5.74, 6) is -0.200. The van der Waals surface area contributed by atoms with Crippen LogP contribution in [0.5, 0.6) is 0 Å². The number of para-hydroxylation sites is 2. The van der Waals surface area contributed by atoms with E-state index >= 15 is 0 Å².